The molecule has 0 aromatic carbocycles. The van der Waals surface area contributed by atoms with E-state index >= 15 is 0 Å². The van der Waals surface area contributed by atoms with Gasteiger partial charge in [0.25, 0.3) is 0 Å². The van der Waals surface area contributed by atoms with E-state index in [0.717, 1.165) is 19.3 Å². The summed E-state index contributed by atoms with van der Waals surface area (Å²) in [5.41, 5.74) is 0. The molecule has 0 aromatic heterocycles. The van der Waals surface area contributed by atoms with Crippen molar-refractivity contribution in [1.29, 1.82) is 0 Å². The Labute approximate surface area is 118 Å². The molecule has 0 bridgehead atoms. The van der Waals surface area contributed by atoms with Gasteiger partial charge in [-0.05, 0) is 31.6 Å². The van der Waals surface area contributed by atoms with E-state index < -0.39 is 24.7 Å². The molecule has 1 saturated carbocycles. The molecular weight excluding hydrogens is 269 g/mol. The highest BCUT2D eigenvalue weighted by atomic mass is 19.4. The van der Waals surface area contributed by atoms with Gasteiger partial charge in [0.1, 0.15) is 6.54 Å². The monoisotopic (exact) mass is 294 g/mol. The van der Waals surface area contributed by atoms with Crippen LogP contribution in [0, 0.1) is 11.8 Å². The van der Waals surface area contributed by atoms with Gasteiger partial charge >= 0.3 is 6.18 Å². The predicted molar refractivity (Wildman–Crippen MR) is 72.2 cm³/mol. The largest absolute Gasteiger partial charge is 0.405 e. The minimum Gasteiger partial charge on any atom is -0.346 e. The first-order chi connectivity index (χ1) is 9.20. The Morgan fingerprint density at radius 2 is 1.80 bits per heavy atom. The van der Waals surface area contributed by atoms with Crippen LogP contribution >= 0.6 is 0 Å². The van der Waals surface area contributed by atoms with Crippen molar-refractivity contribution in [2.75, 3.05) is 6.54 Å². The topological polar surface area (TPSA) is 41.1 Å². The number of alkyl halides is 3. The normalized spacial score (nSPS) is 25.6. The smallest absolute Gasteiger partial charge is 0.346 e. The molecule has 0 aromatic rings. The van der Waals surface area contributed by atoms with Gasteiger partial charge in [-0.25, -0.2) is 0 Å². The molecule has 6 heteroatoms. The van der Waals surface area contributed by atoms with Crippen LogP contribution in [-0.2, 0) is 4.79 Å². The number of carbonyl (C=O) groups excluding carboxylic acids is 1. The van der Waals surface area contributed by atoms with Crippen molar-refractivity contribution >= 4 is 5.91 Å². The fourth-order valence-corrected chi connectivity index (χ4v) is 2.90. The van der Waals surface area contributed by atoms with Gasteiger partial charge in [-0.3, -0.25) is 4.79 Å². The number of hydrogen-bond donors (Lipinski definition) is 2. The Kier molecular flexibility index (Phi) is 6.30. The Morgan fingerprint density at radius 3 is 2.35 bits per heavy atom. The minimum absolute atomic E-state index is 0.218. The summed E-state index contributed by atoms with van der Waals surface area (Å²) in [5, 5.41) is 5.14. The maximum Gasteiger partial charge on any atom is 0.405 e. The Morgan fingerprint density at radius 1 is 1.20 bits per heavy atom. The van der Waals surface area contributed by atoms with E-state index in [1.807, 2.05) is 5.32 Å². The van der Waals surface area contributed by atoms with Crippen LogP contribution in [-0.4, -0.2) is 30.7 Å². The summed E-state index contributed by atoms with van der Waals surface area (Å²) in [4.78, 5) is 11.7. The van der Waals surface area contributed by atoms with E-state index in [-0.39, 0.29) is 6.04 Å². The molecule has 0 radical (unpaired) electrons. The predicted octanol–water partition coefficient (Wildman–Crippen LogP) is 2.86. The maximum atomic E-state index is 12.1. The van der Waals surface area contributed by atoms with Crippen LogP contribution in [0.3, 0.4) is 0 Å². The molecule has 1 fully saturated rings. The number of rotatable bonds is 5. The molecule has 1 aliphatic carbocycles. The van der Waals surface area contributed by atoms with Gasteiger partial charge < -0.3 is 10.6 Å². The molecule has 0 heterocycles. The number of hydrogen-bond acceptors (Lipinski definition) is 2. The van der Waals surface area contributed by atoms with Crippen LogP contribution in [0.1, 0.15) is 46.5 Å². The zero-order chi connectivity index (χ0) is 15.3. The molecule has 3 atom stereocenters. The van der Waals surface area contributed by atoms with Gasteiger partial charge in [0, 0.05) is 6.04 Å². The number of carbonyl (C=O) groups is 1. The molecular formula is C14H25F3N2O. The van der Waals surface area contributed by atoms with Crippen LogP contribution < -0.4 is 10.6 Å². The van der Waals surface area contributed by atoms with Crippen LogP contribution in [0.25, 0.3) is 0 Å². The van der Waals surface area contributed by atoms with Gasteiger partial charge in [-0.1, -0.05) is 26.7 Å². The van der Waals surface area contributed by atoms with Crippen LogP contribution in [0.2, 0.25) is 0 Å². The molecule has 2 N–H and O–H groups in total. The lowest BCUT2D eigenvalue weighted by atomic mass is 9.77. The summed E-state index contributed by atoms with van der Waals surface area (Å²) in [7, 11) is 0. The van der Waals surface area contributed by atoms with E-state index in [9.17, 15) is 18.0 Å². The van der Waals surface area contributed by atoms with E-state index in [1.165, 1.54) is 6.42 Å². The van der Waals surface area contributed by atoms with E-state index in [0.29, 0.717) is 11.8 Å². The van der Waals surface area contributed by atoms with E-state index in [2.05, 4.69) is 19.2 Å². The second-order valence-electron chi connectivity index (χ2n) is 6.02. The summed E-state index contributed by atoms with van der Waals surface area (Å²) in [6.07, 6.45) is 0.0418. The van der Waals surface area contributed by atoms with Crippen molar-refractivity contribution in [1.82, 2.24) is 10.6 Å². The quantitative estimate of drug-likeness (QED) is 0.818. The maximum absolute atomic E-state index is 12.1. The van der Waals surface area contributed by atoms with Crippen molar-refractivity contribution in [3.8, 4) is 0 Å². The zero-order valence-electron chi connectivity index (χ0n) is 12.4. The second kappa shape index (κ2) is 7.29. The van der Waals surface area contributed by atoms with Gasteiger partial charge in [0.15, 0.2) is 0 Å². The minimum atomic E-state index is -4.36. The number of halogens is 3. The standard InChI is InChI=1S/C14H25F3N2O/c1-9(2)11-6-4-5-7-12(11)19-10(3)13(20)18-8-14(15,16)17/h9-12,19H,4-8H2,1-3H3,(H,18,20). The lowest BCUT2D eigenvalue weighted by Gasteiger charge is -2.36. The summed E-state index contributed by atoms with van der Waals surface area (Å²) in [5.74, 6) is 0.412. The highest BCUT2D eigenvalue weighted by Gasteiger charge is 2.31. The van der Waals surface area contributed by atoms with E-state index in [1.54, 1.807) is 6.92 Å². The first kappa shape index (κ1) is 17.3. The molecule has 118 valence electrons. The average Bonchev–Trinajstić information content (AvgIpc) is 2.35. The lowest BCUT2D eigenvalue weighted by Crippen LogP contribution is -2.51. The third-order valence-electron chi connectivity index (χ3n) is 4.00. The van der Waals surface area contributed by atoms with Gasteiger partial charge in [-0.15, -0.1) is 0 Å². The van der Waals surface area contributed by atoms with Crippen LogP contribution in [0.5, 0.6) is 0 Å². The fraction of sp³-hybridized carbons (Fsp3) is 0.929. The van der Waals surface area contributed by atoms with Crippen LogP contribution in [0.4, 0.5) is 13.2 Å². The molecule has 1 amide bonds. The highest BCUT2D eigenvalue weighted by Crippen LogP contribution is 2.30. The molecule has 1 rings (SSSR count). The van der Waals surface area contributed by atoms with Crippen molar-refractivity contribution in [2.45, 2.75) is 64.7 Å². The summed E-state index contributed by atoms with van der Waals surface area (Å²) >= 11 is 0. The fourth-order valence-electron chi connectivity index (χ4n) is 2.90. The third kappa shape index (κ3) is 5.69. The number of nitrogens with one attached hydrogen (secondary N) is 2. The first-order valence-corrected chi connectivity index (χ1v) is 7.31. The molecule has 3 nitrogen and oxygen atoms in total. The van der Waals surface area contributed by atoms with Crippen molar-refractivity contribution in [3.63, 3.8) is 0 Å². The number of amides is 1. The molecule has 0 saturated heterocycles. The first-order valence-electron chi connectivity index (χ1n) is 7.31. The van der Waals surface area contributed by atoms with Gasteiger partial charge in [0.05, 0.1) is 6.04 Å². The Hall–Kier alpha value is -0.780. The molecule has 20 heavy (non-hydrogen) atoms. The van der Waals surface area contributed by atoms with Gasteiger partial charge in [0.2, 0.25) is 5.91 Å². The molecule has 0 spiro atoms. The zero-order valence-corrected chi connectivity index (χ0v) is 12.4. The highest BCUT2D eigenvalue weighted by molar-refractivity contribution is 5.81. The van der Waals surface area contributed by atoms with Crippen LogP contribution in [0.15, 0.2) is 0 Å². The van der Waals surface area contributed by atoms with Gasteiger partial charge in [-0.2, -0.15) is 13.2 Å². The van der Waals surface area contributed by atoms with Crippen molar-refractivity contribution < 1.29 is 18.0 Å². The summed E-state index contributed by atoms with van der Waals surface area (Å²) in [6.45, 7) is 4.66. The third-order valence-corrected chi connectivity index (χ3v) is 4.00. The second-order valence-corrected chi connectivity index (χ2v) is 6.02. The van der Waals surface area contributed by atoms with E-state index in [4.69, 9.17) is 0 Å². The molecule has 0 aliphatic heterocycles. The SMILES string of the molecule is CC(NC1CCCCC1C(C)C)C(=O)NCC(F)(F)F. The Balaban J connectivity index is 2.47. The summed E-state index contributed by atoms with van der Waals surface area (Å²) < 4.78 is 36.2. The van der Waals surface area contributed by atoms with Crippen molar-refractivity contribution in [3.05, 3.63) is 0 Å². The average molecular weight is 294 g/mol. The Bertz CT molecular complexity index is 318. The molecule has 1 aliphatic rings. The van der Waals surface area contributed by atoms with Crippen molar-refractivity contribution in [2.24, 2.45) is 11.8 Å². The summed E-state index contributed by atoms with van der Waals surface area (Å²) in [6, 6.07) is -0.378. The molecule has 3 unspecified atom stereocenters. The lowest BCUT2D eigenvalue weighted by molar-refractivity contribution is -0.139.